The molecule has 0 atom stereocenters. The Morgan fingerprint density at radius 3 is 0.857 bits per heavy atom. The summed E-state index contributed by atoms with van der Waals surface area (Å²) in [5, 5.41) is 0. The van der Waals surface area contributed by atoms with E-state index >= 15 is 0 Å². The van der Waals surface area contributed by atoms with Gasteiger partial charge in [0.1, 0.15) is 0 Å². The third kappa shape index (κ3) is 14.2. The Morgan fingerprint density at radius 2 is 0.743 bits per heavy atom. The van der Waals surface area contributed by atoms with Crippen LogP contribution in [0.2, 0.25) is 0 Å². The van der Waals surface area contributed by atoms with Crippen LogP contribution >= 0.6 is 0 Å². The third-order valence-electron chi connectivity index (χ3n) is 2.68. The molecule has 0 bridgehead atoms. The van der Waals surface area contributed by atoms with E-state index < -0.39 is 58.2 Å². The van der Waals surface area contributed by atoms with E-state index in [2.05, 4.69) is 9.47 Å². The zero-order valence-corrected chi connectivity index (χ0v) is 19.1. The molecule has 35 heavy (non-hydrogen) atoms. The predicted octanol–water partition coefficient (Wildman–Crippen LogP) is 5.50. The first-order valence-electron chi connectivity index (χ1n) is 8.70. The van der Waals surface area contributed by atoms with E-state index in [1.54, 1.807) is 13.8 Å². The summed E-state index contributed by atoms with van der Waals surface area (Å²) in [6, 6.07) is 2.05. The molecule has 0 fully saturated rings. The summed E-state index contributed by atoms with van der Waals surface area (Å²) in [5.41, 5.74) is 0. The van der Waals surface area contributed by atoms with E-state index in [4.69, 9.17) is 0 Å². The monoisotopic (exact) mass is 568 g/mol. The molecule has 0 N–H and O–H groups in total. The van der Waals surface area contributed by atoms with Gasteiger partial charge in [0.2, 0.25) is 0 Å². The van der Waals surface area contributed by atoms with Crippen LogP contribution in [0.5, 0.6) is 0 Å². The standard InChI is InChI=1S/2C6F5.2C4H8O2.Ni/c2*7-2-1-3(8)5(10)6(11)4(2)9;2*1-3-6-4(2)5;/h;;2*3H2,1-2H3;/q2*-1;;;+2. The Kier molecular flexibility index (Phi) is 19.4. The summed E-state index contributed by atoms with van der Waals surface area (Å²) in [6.07, 6.45) is 0. The predicted molar refractivity (Wildman–Crippen MR) is 94.8 cm³/mol. The molecule has 0 heterocycles. The molecular weight excluding hydrogens is 553 g/mol. The van der Waals surface area contributed by atoms with Crippen molar-refractivity contribution in [1.29, 1.82) is 0 Å². The molecule has 0 spiro atoms. The van der Waals surface area contributed by atoms with Gasteiger partial charge >= 0.3 is 28.4 Å². The van der Waals surface area contributed by atoms with E-state index in [1.807, 2.05) is 0 Å². The molecule has 0 amide bonds. The molecular formula is C20H16F10NiO4. The third-order valence-corrected chi connectivity index (χ3v) is 2.68. The smallest absolute Gasteiger partial charge is 0.466 e. The molecule has 15 heteroatoms. The van der Waals surface area contributed by atoms with E-state index in [-0.39, 0.29) is 28.4 Å². The minimum atomic E-state index is -2.17. The molecule has 200 valence electrons. The molecule has 0 aliphatic carbocycles. The normalized spacial score (nSPS) is 9.09. The first-order valence-corrected chi connectivity index (χ1v) is 8.70. The van der Waals surface area contributed by atoms with Gasteiger partial charge in [-0.3, -0.25) is 27.2 Å². The van der Waals surface area contributed by atoms with Crippen LogP contribution < -0.4 is 0 Å². The number of rotatable bonds is 2. The van der Waals surface area contributed by atoms with Crippen LogP contribution in [0.1, 0.15) is 27.7 Å². The minimum absolute atomic E-state index is 0. The fourth-order valence-electron chi connectivity index (χ4n) is 1.40. The van der Waals surface area contributed by atoms with Crippen molar-refractivity contribution < 1.29 is 79.5 Å². The average Bonchev–Trinajstić information content (AvgIpc) is 2.74. The first kappa shape index (κ1) is 36.7. The van der Waals surface area contributed by atoms with E-state index in [0.717, 1.165) is 12.1 Å². The molecule has 0 aliphatic rings. The van der Waals surface area contributed by atoms with Gasteiger partial charge in [-0.2, -0.15) is 0 Å². The molecule has 2 aromatic carbocycles. The summed E-state index contributed by atoms with van der Waals surface area (Å²) < 4.78 is 129. The van der Waals surface area contributed by atoms with E-state index in [0.29, 0.717) is 13.2 Å². The number of carbonyl (C=O) groups excluding carboxylic acids is 2. The molecule has 2 rings (SSSR count). The molecule has 0 radical (unpaired) electrons. The van der Waals surface area contributed by atoms with Crippen molar-refractivity contribution in [2.24, 2.45) is 0 Å². The molecule has 0 aliphatic heterocycles. The van der Waals surface area contributed by atoms with Crippen LogP contribution in [0.25, 0.3) is 0 Å². The zero-order chi connectivity index (χ0) is 27.2. The van der Waals surface area contributed by atoms with Crippen molar-refractivity contribution in [3.05, 3.63) is 70.3 Å². The van der Waals surface area contributed by atoms with Crippen molar-refractivity contribution in [3.63, 3.8) is 0 Å². The number of ether oxygens (including phenoxy) is 2. The SMILES string of the molecule is CCOC(C)=O.CCOC(C)=O.Fc1[c-]c(F)c(F)c(F)c1F.Fc1[c-]c(F)c(F)c(F)c1F.[Ni+2]. The average molecular weight is 569 g/mol. The van der Waals surface area contributed by atoms with Crippen LogP contribution in [0, 0.1) is 70.3 Å². The summed E-state index contributed by atoms with van der Waals surface area (Å²) in [7, 11) is 0. The Bertz CT molecular complexity index is 844. The summed E-state index contributed by atoms with van der Waals surface area (Å²) in [5.74, 6) is -20.5. The Morgan fingerprint density at radius 1 is 0.543 bits per heavy atom. The molecule has 0 aromatic heterocycles. The van der Waals surface area contributed by atoms with Gasteiger partial charge in [0.05, 0.1) is 71.4 Å². The number of benzene rings is 2. The topological polar surface area (TPSA) is 52.6 Å². The largest absolute Gasteiger partial charge is 2.00 e. The maximum absolute atomic E-state index is 12.0. The van der Waals surface area contributed by atoms with Crippen LogP contribution in [0.15, 0.2) is 0 Å². The molecule has 4 nitrogen and oxygen atoms in total. The van der Waals surface area contributed by atoms with E-state index in [1.165, 1.54) is 13.8 Å². The van der Waals surface area contributed by atoms with Gasteiger partial charge in [-0.05, 0) is 13.8 Å². The number of hydrogen-bond donors (Lipinski definition) is 0. The van der Waals surface area contributed by atoms with Crippen molar-refractivity contribution >= 4 is 11.9 Å². The van der Waals surface area contributed by atoms with Crippen molar-refractivity contribution in [2.75, 3.05) is 13.2 Å². The van der Waals surface area contributed by atoms with Crippen molar-refractivity contribution in [1.82, 2.24) is 0 Å². The van der Waals surface area contributed by atoms with Crippen molar-refractivity contribution in [3.8, 4) is 0 Å². The Hall–Kier alpha value is -2.83. The van der Waals surface area contributed by atoms with Gasteiger partial charge < -0.3 is 9.47 Å². The minimum Gasteiger partial charge on any atom is -0.466 e. The van der Waals surface area contributed by atoms with Crippen LogP contribution in [-0.4, -0.2) is 25.2 Å². The van der Waals surface area contributed by atoms with Gasteiger partial charge in [0.25, 0.3) is 0 Å². The Balaban J connectivity index is -0.000000404. The molecule has 2 aromatic rings. The zero-order valence-electron chi connectivity index (χ0n) is 18.1. The molecule has 0 saturated carbocycles. The second-order valence-electron chi connectivity index (χ2n) is 5.24. The van der Waals surface area contributed by atoms with Gasteiger partial charge in [-0.1, -0.05) is 0 Å². The molecule has 0 saturated heterocycles. The van der Waals surface area contributed by atoms with Crippen molar-refractivity contribution in [2.45, 2.75) is 27.7 Å². The van der Waals surface area contributed by atoms with Gasteiger partial charge in [-0.25, -0.2) is 26.3 Å². The van der Waals surface area contributed by atoms with Crippen LogP contribution in [-0.2, 0) is 35.6 Å². The fraction of sp³-hybridized carbons (Fsp3) is 0.300. The van der Waals surface area contributed by atoms with Gasteiger partial charge in [-0.15, -0.1) is 12.1 Å². The van der Waals surface area contributed by atoms with Gasteiger partial charge in [0.15, 0.2) is 0 Å². The summed E-state index contributed by atoms with van der Waals surface area (Å²) in [4.78, 5) is 19.6. The second kappa shape index (κ2) is 18.5. The second-order valence-corrected chi connectivity index (χ2v) is 5.24. The summed E-state index contributed by atoms with van der Waals surface area (Å²) >= 11 is 0. The van der Waals surface area contributed by atoms with Crippen LogP contribution in [0.4, 0.5) is 43.9 Å². The maximum Gasteiger partial charge on any atom is 2.00 e. The van der Waals surface area contributed by atoms with E-state index in [9.17, 15) is 53.5 Å². The number of esters is 2. The number of hydrogen-bond acceptors (Lipinski definition) is 4. The van der Waals surface area contributed by atoms with Gasteiger partial charge in [0, 0.05) is 13.8 Å². The molecule has 0 unspecified atom stereocenters. The summed E-state index contributed by atoms with van der Waals surface area (Å²) in [6.45, 7) is 7.31. The fourth-order valence-corrected chi connectivity index (χ4v) is 1.40. The van der Waals surface area contributed by atoms with Crippen LogP contribution in [0.3, 0.4) is 0 Å². The quantitative estimate of drug-likeness (QED) is 0.120. The first-order chi connectivity index (χ1) is 15.6. The Labute approximate surface area is 203 Å². The number of halogens is 10. The number of carbonyl (C=O) groups is 2. The maximum atomic E-state index is 12.0.